The van der Waals surface area contributed by atoms with Crippen molar-refractivity contribution in [3.8, 4) is 0 Å². The molecule has 0 spiro atoms. The van der Waals surface area contributed by atoms with E-state index >= 15 is 0 Å². The molecular formula is C14H29NO2S. The van der Waals surface area contributed by atoms with Gasteiger partial charge in [0.05, 0.1) is 10.5 Å². The zero-order chi connectivity index (χ0) is 13.8. The van der Waals surface area contributed by atoms with E-state index in [-0.39, 0.29) is 5.75 Å². The summed E-state index contributed by atoms with van der Waals surface area (Å²) in [6.07, 6.45) is 6.37. The number of hydrogen-bond acceptors (Lipinski definition) is 3. The minimum atomic E-state index is -2.99. The number of sulfone groups is 1. The lowest BCUT2D eigenvalue weighted by atomic mass is 9.97. The highest BCUT2D eigenvalue weighted by Crippen LogP contribution is 2.23. The minimum Gasteiger partial charge on any atom is -0.313 e. The molecule has 1 fully saturated rings. The van der Waals surface area contributed by atoms with Gasteiger partial charge in [-0.2, -0.15) is 0 Å². The largest absolute Gasteiger partial charge is 0.313 e. The van der Waals surface area contributed by atoms with Crippen LogP contribution in [0.5, 0.6) is 0 Å². The Hall–Kier alpha value is -0.0900. The van der Waals surface area contributed by atoms with Gasteiger partial charge in [0.2, 0.25) is 0 Å². The number of rotatable bonds is 4. The summed E-state index contributed by atoms with van der Waals surface area (Å²) in [5, 5.41) is 3.46. The molecule has 0 amide bonds. The van der Waals surface area contributed by atoms with Crippen molar-refractivity contribution in [3.05, 3.63) is 0 Å². The van der Waals surface area contributed by atoms with Crippen LogP contribution in [0.3, 0.4) is 0 Å². The van der Waals surface area contributed by atoms with Crippen molar-refractivity contribution in [2.75, 3.05) is 12.3 Å². The quantitative estimate of drug-likeness (QED) is 0.803. The SMILES string of the molecule is CC1CCCCCC1NCCS(=O)(=O)C(C)(C)C. The molecule has 0 saturated heterocycles. The van der Waals surface area contributed by atoms with Crippen molar-refractivity contribution in [3.63, 3.8) is 0 Å². The molecule has 1 N–H and O–H groups in total. The molecule has 0 aromatic rings. The van der Waals surface area contributed by atoms with Crippen LogP contribution in [0, 0.1) is 5.92 Å². The molecule has 1 aliphatic carbocycles. The molecule has 108 valence electrons. The molecule has 3 nitrogen and oxygen atoms in total. The molecule has 2 unspecified atom stereocenters. The fourth-order valence-corrected chi connectivity index (χ4v) is 3.48. The van der Waals surface area contributed by atoms with Gasteiger partial charge in [0, 0.05) is 12.6 Å². The van der Waals surface area contributed by atoms with E-state index in [9.17, 15) is 8.42 Å². The van der Waals surface area contributed by atoms with Gasteiger partial charge in [-0.1, -0.05) is 26.2 Å². The Morgan fingerprint density at radius 2 is 1.72 bits per heavy atom. The summed E-state index contributed by atoms with van der Waals surface area (Å²) in [6.45, 7) is 8.19. The van der Waals surface area contributed by atoms with Crippen molar-refractivity contribution in [2.24, 2.45) is 5.92 Å². The van der Waals surface area contributed by atoms with E-state index in [0.29, 0.717) is 18.5 Å². The third-order valence-corrected chi connectivity index (χ3v) is 6.68. The van der Waals surface area contributed by atoms with E-state index in [0.717, 1.165) is 0 Å². The van der Waals surface area contributed by atoms with E-state index in [1.54, 1.807) is 20.8 Å². The smallest absolute Gasteiger partial charge is 0.156 e. The zero-order valence-electron chi connectivity index (χ0n) is 12.3. The fourth-order valence-electron chi connectivity index (χ4n) is 2.48. The van der Waals surface area contributed by atoms with Gasteiger partial charge >= 0.3 is 0 Å². The summed E-state index contributed by atoms with van der Waals surface area (Å²) in [6, 6.07) is 0.502. The maximum absolute atomic E-state index is 12.0. The first kappa shape index (κ1) is 16.0. The normalized spacial score (nSPS) is 26.9. The average Bonchev–Trinajstić information content (AvgIpc) is 2.42. The van der Waals surface area contributed by atoms with E-state index in [4.69, 9.17) is 0 Å². The summed E-state index contributed by atoms with van der Waals surface area (Å²) < 4.78 is 23.4. The first-order valence-electron chi connectivity index (χ1n) is 7.20. The first-order valence-corrected chi connectivity index (χ1v) is 8.85. The second kappa shape index (κ2) is 6.38. The predicted octanol–water partition coefficient (Wildman–Crippen LogP) is 2.76. The lowest BCUT2D eigenvalue weighted by molar-refractivity contribution is 0.364. The van der Waals surface area contributed by atoms with Crippen LogP contribution in [0.2, 0.25) is 0 Å². The zero-order valence-corrected chi connectivity index (χ0v) is 13.1. The Morgan fingerprint density at radius 1 is 1.11 bits per heavy atom. The highest BCUT2D eigenvalue weighted by atomic mass is 32.2. The molecule has 18 heavy (non-hydrogen) atoms. The molecule has 0 aromatic heterocycles. The lowest BCUT2D eigenvalue weighted by Gasteiger charge is -2.24. The second-order valence-electron chi connectivity index (χ2n) is 6.61. The van der Waals surface area contributed by atoms with Crippen LogP contribution < -0.4 is 5.32 Å². The second-order valence-corrected chi connectivity index (χ2v) is 9.47. The van der Waals surface area contributed by atoms with Gasteiger partial charge < -0.3 is 5.32 Å². The van der Waals surface area contributed by atoms with Gasteiger partial charge in [-0.05, 0) is 39.5 Å². The van der Waals surface area contributed by atoms with Gasteiger partial charge in [-0.15, -0.1) is 0 Å². The van der Waals surface area contributed by atoms with Gasteiger partial charge in [-0.3, -0.25) is 0 Å². The van der Waals surface area contributed by atoms with Gasteiger partial charge in [0.25, 0.3) is 0 Å². The maximum atomic E-state index is 12.0. The van der Waals surface area contributed by atoms with E-state index in [1.165, 1.54) is 32.1 Å². The number of hydrogen-bond donors (Lipinski definition) is 1. The Kier molecular flexibility index (Phi) is 5.66. The van der Waals surface area contributed by atoms with E-state index in [2.05, 4.69) is 12.2 Å². The highest BCUT2D eigenvalue weighted by Gasteiger charge is 2.28. The molecule has 4 heteroatoms. The van der Waals surface area contributed by atoms with Crippen molar-refractivity contribution < 1.29 is 8.42 Å². The maximum Gasteiger partial charge on any atom is 0.156 e. The minimum absolute atomic E-state index is 0.250. The Bertz CT molecular complexity index is 343. The molecule has 0 aromatic carbocycles. The van der Waals surface area contributed by atoms with Crippen LogP contribution in [0.1, 0.15) is 59.8 Å². The van der Waals surface area contributed by atoms with Crippen molar-refractivity contribution in [1.29, 1.82) is 0 Å². The third-order valence-electron chi connectivity index (χ3n) is 4.07. The van der Waals surface area contributed by atoms with Crippen LogP contribution >= 0.6 is 0 Å². The summed E-state index contributed by atoms with van der Waals surface area (Å²) >= 11 is 0. The summed E-state index contributed by atoms with van der Waals surface area (Å²) in [4.78, 5) is 0. The molecule has 1 saturated carbocycles. The van der Waals surface area contributed by atoms with Crippen molar-refractivity contribution in [1.82, 2.24) is 5.32 Å². The lowest BCUT2D eigenvalue weighted by Crippen LogP contribution is -2.40. The topological polar surface area (TPSA) is 46.2 Å². The molecule has 0 bridgehead atoms. The third kappa shape index (κ3) is 4.54. The highest BCUT2D eigenvalue weighted by molar-refractivity contribution is 7.92. The summed E-state index contributed by atoms with van der Waals surface area (Å²) in [7, 11) is -2.99. The Labute approximate surface area is 113 Å². The van der Waals surface area contributed by atoms with Crippen LogP contribution in [0.25, 0.3) is 0 Å². The van der Waals surface area contributed by atoms with Crippen molar-refractivity contribution in [2.45, 2.75) is 70.6 Å². The van der Waals surface area contributed by atoms with Crippen LogP contribution in [0.15, 0.2) is 0 Å². The molecule has 0 aliphatic heterocycles. The molecule has 1 aliphatic rings. The molecule has 0 radical (unpaired) electrons. The van der Waals surface area contributed by atoms with Gasteiger partial charge in [-0.25, -0.2) is 8.42 Å². The molecular weight excluding hydrogens is 246 g/mol. The summed E-state index contributed by atoms with van der Waals surface area (Å²) in [5.41, 5.74) is 0. The predicted molar refractivity (Wildman–Crippen MR) is 77.6 cm³/mol. The number of nitrogens with one attached hydrogen (secondary N) is 1. The first-order chi connectivity index (χ1) is 8.24. The van der Waals surface area contributed by atoms with E-state index in [1.807, 2.05) is 0 Å². The van der Waals surface area contributed by atoms with Crippen LogP contribution in [-0.4, -0.2) is 31.5 Å². The van der Waals surface area contributed by atoms with Crippen LogP contribution in [0.4, 0.5) is 0 Å². The van der Waals surface area contributed by atoms with Gasteiger partial charge in [0.15, 0.2) is 9.84 Å². The molecule has 1 rings (SSSR count). The summed E-state index contributed by atoms with van der Waals surface area (Å²) in [5.74, 6) is 0.921. The van der Waals surface area contributed by atoms with Gasteiger partial charge in [0.1, 0.15) is 0 Å². The van der Waals surface area contributed by atoms with E-state index < -0.39 is 14.6 Å². The monoisotopic (exact) mass is 275 g/mol. The Morgan fingerprint density at radius 3 is 2.33 bits per heavy atom. The molecule has 0 heterocycles. The average molecular weight is 275 g/mol. The standard InChI is InChI=1S/C14H29NO2S/c1-12-8-6-5-7-9-13(12)15-10-11-18(16,17)14(2,3)4/h12-13,15H,5-11H2,1-4H3. The van der Waals surface area contributed by atoms with Crippen LogP contribution in [-0.2, 0) is 9.84 Å². The van der Waals surface area contributed by atoms with Crippen molar-refractivity contribution >= 4 is 9.84 Å². The Balaban J connectivity index is 2.41. The fraction of sp³-hybridized carbons (Fsp3) is 1.00. The molecule has 2 atom stereocenters.